The van der Waals surface area contributed by atoms with Crippen molar-refractivity contribution in [3.05, 3.63) is 95.8 Å². The number of alkyl halides is 2. The standard InChI is InChI=1S/C38H34Cl2FN3O7/c39-37-21-29-26(13-14-28-31(29)34(47)43(33(28)46)24-11-9-23(10-12-24)42-15-18-50-19-16-42)32(27-3-1-2-4-30(27)51-20-17-45)38(37,40)36(49)44(35(37)48)25-7-5-22(41)6-8-25/h1-13,28-29,31-32,45H,14-21H2. The summed E-state index contributed by atoms with van der Waals surface area (Å²) in [6.07, 6.45) is 1.85. The van der Waals surface area contributed by atoms with Gasteiger partial charge in [-0.15, -0.1) is 23.2 Å². The monoisotopic (exact) mass is 733 g/mol. The molecule has 3 aliphatic heterocycles. The number of hydrogen-bond donors (Lipinski definition) is 1. The van der Waals surface area contributed by atoms with Crippen molar-refractivity contribution in [3.8, 4) is 5.75 Å². The molecule has 1 N–H and O–H groups in total. The lowest BCUT2D eigenvalue weighted by atomic mass is 9.56. The van der Waals surface area contributed by atoms with Crippen molar-refractivity contribution in [3.63, 3.8) is 0 Å². The van der Waals surface area contributed by atoms with E-state index in [0.717, 1.165) is 35.8 Å². The van der Waals surface area contributed by atoms with Crippen LogP contribution in [0.5, 0.6) is 5.75 Å². The number of imide groups is 2. The molecule has 264 valence electrons. The van der Waals surface area contributed by atoms with Crippen molar-refractivity contribution in [2.75, 3.05) is 54.2 Å². The number of carbonyl (C=O) groups is 4. The van der Waals surface area contributed by atoms with Gasteiger partial charge in [0, 0.05) is 30.3 Å². The van der Waals surface area contributed by atoms with Crippen LogP contribution >= 0.6 is 23.2 Å². The molecule has 3 heterocycles. The highest BCUT2D eigenvalue weighted by Gasteiger charge is 2.77. The van der Waals surface area contributed by atoms with Crippen molar-refractivity contribution in [2.24, 2.45) is 17.8 Å². The van der Waals surface area contributed by atoms with E-state index in [0.29, 0.717) is 35.8 Å². The summed E-state index contributed by atoms with van der Waals surface area (Å²) in [6, 6.07) is 19.0. The van der Waals surface area contributed by atoms with E-state index >= 15 is 0 Å². The normalized spacial score (nSPS) is 30.3. The van der Waals surface area contributed by atoms with E-state index in [1.54, 1.807) is 36.4 Å². The molecule has 13 heteroatoms. The van der Waals surface area contributed by atoms with Gasteiger partial charge in [-0.25, -0.2) is 9.29 Å². The third-order valence-corrected chi connectivity index (χ3v) is 12.4. The second kappa shape index (κ2) is 12.7. The molecule has 10 nitrogen and oxygen atoms in total. The van der Waals surface area contributed by atoms with Gasteiger partial charge < -0.3 is 19.5 Å². The molecule has 8 rings (SSSR count). The predicted octanol–water partition coefficient (Wildman–Crippen LogP) is 4.80. The highest BCUT2D eigenvalue weighted by Crippen LogP contribution is 2.66. The molecule has 6 unspecified atom stereocenters. The first-order valence-electron chi connectivity index (χ1n) is 17.0. The van der Waals surface area contributed by atoms with Crippen LogP contribution < -0.4 is 19.4 Å². The number of amides is 4. The first-order chi connectivity index (χ1) is 24.6. The number of morpholine rings is 1. The highest BCUT2D eigenvalue weighted by atomic mass is 35.5. The van der Waals surface area contributed by atoms with E-state index in [4.69, 9.17) is 32.7 Å². The molecule has 5 aliphatic rings. The summed E-state index contributed by atoms with van der Waals surface area (Å²) in [7, 11) is 0. The summed E-state index contributed by atoms with van der Waals surface area (Å²) < 4.78 is 25.3. The Bertz CT molecular complexity index is 1950. The number of anilines is 3. The topological polar surface area (TPSA) is 117 Å². The third kappa shape index (κ3) is 5.03. The number of aliphatic hydroxyl groups excluding tert-OH is 1. The van der Waals surface area contributed by atoms with Gasteiger partial charge in [0.2, 0.25) is 11.8 Å². The SMILES string of the molecule is O=C1C2CC=C3C(CC4(Cl)C(=O)N(c5ccc(F)cc5)C(=O)C4(Cl)C3c3ccccc3OCCO)C2C(=O)N1c1ccc(N2CCOCC2)cc1. The minimum Gasteiger partial charge on any atom is -0.491 e. The van der Waals surface area contributed by atoms with Crippen LogP contribution in [0.15, 0.2) is 84.4 Å². The lowest BCUT2D eigenvalue weighted by Crippen LogP contribution is -2.60. The molecule has 0 spiro atoms. The number of allylic oxidation sites excluding steroid dienone is 2. The summed E-state index contributed by atoms with van der Waals surface area (Å²) in [5.41, 5.74) is 2.54. The summed E-state index contributed by atoms with van der Waals surface area (Å²) in [5, 5.41) is 9.58. The molecule has 3 aromatic rings. The second-order valence-corrected chi connectivity index (χ2v) is 14.7. The zero-order valence-electron chi connectivity index (χ0n) is 27.3. The fourth-order valence-corrected chi connectivity index (χ4v) is 9.57. The van der Waals surface area contributed by atoms with Crippen molar-refractivity contribution in [2.45, 2.75) is 28.5 Å². The molecular weight excluding hydrogens is 700 g/mol. The number of aliphatic hydroxyl groups is 1. The smallest absolute Gasteiger partial charge is 0.258 e. The van der Waals surface area contributed by atoms with E-state index in [2.05, 4.69) is 4.90 Å². The lowest BCUT2D eigenvalue weighted by molar-refractivity contribution is -0.125. The average Bonchev–Trinajstić information content (AvgIpc) is 3.49. The zero-order valence-corrected chi connectivity index (χ0v) is 28.9. The number of halogens is 3. The number of ether oxygens (including phenoxy) is 2. The molecule has 0 radical (unpaired) electrons. The second-order valence-electron chi connectivity index (χ2n) is 13.5. The van der Waals surface area contributed by atoms with Gasteiger partial charge >= 0.3 is 0 Å². The van der Waals surface area contributed by atoms with Gasteiger partial charge in [-0.3, -0.25) is 24.1 Å². The molecule has 2 aliphatic carbocycles. The Labute approximate surface area is 303 Å². The third-order valence-electron chi connectivity index (χ3n) is 11.0. The van der Waals surface area contributed by atoms with Crippen LogP contribution in [0.4, 0.5) is 21.5 Å². The average molecular weight is 735 g/mol. The molecule has 3 saturated heterocycles. The summed E-state index contributed by atoms with van der Waals surface area (Å²) >= 11 is 15.0. The Balaban J connectivity index is 1.22. The minimum atomic E-state index is -2.10. The molecule has 3 aromatic carbocycles. The minimum absolute atomic E-state index is 0.0565. The van der Waals surface area contributed by atoms with Crippen molar-refractivity contribution >= 4 is 63.9 Å². The van der Waals surface area contributed by atoms with E-state index in [-0.39, 0.29) is 37.6 Å². The molecule has 51 heavy (non-hydrogen) atoms. The van der Waals surface area contributed by atoms with Crippen LogP contribution in [0.2, 0.25) is 0 Å². The van der Waals surface area contributed by atoms with E-state index in [1.165, 1.54) is 17.0 Å². The fourth-order valence-electron chi connectivity index (χ4n) is 8.64. The summed E-state index contributed by atoms with van der Waals surface area (Å²) in [4.78, 5) is 57.8. The summed E-state index contributed by atoms with van der Waals surface area (Å²) in [5.74, 6) is -6.04. The Morgan fingerprint density at radius 2 is 1.47 bits per heavy atom. The van der Waals surface area contributed by atoms with Crippen LogP contribution in [0.25, 0.3) is 0 Å². The lowest BCUT2D eigenvalue weighted by Gasteiger charge is -2.50. The number of carbonyl (C=O) groups excluding carboxylic acids is 4. The quantitative estimate of drug-likeness (QED) is 0.209. The van der Waals surface area contributed by atoms with Gasteiger partial charge in [0.15, 0.2) is 9.75 Å². The summed E-state index contributed by atoms with van der Waals surface area (Å²) in [6.45, 7) is 2.36. The number of benzene rings is 3. The van der Waals surface area contributed by atoms with Gasteiger partial charge in [0.1, 0.15) is 18.2 Å². The fraction of sp³-hybridized carbons (Fsp3) is 0.368. The number of rotatable bonds is 7. The Kier molecular flexibility index (Phi) is 8.45. The molecular formula is C38H34Cl2FN3O7. The van der Waals surface area contributed by atoms with Gasteiger partial charge in [-0.1, -0.05) is 29.8 Å². The van der Waals surface area contributed by atoms with Gasteiger partial charge in [0.05, 0.1) is 43.0 Å². The first kappa shape index (κ1) is 33.8. The molecule has 4 amide bonds. The molecule has 6 atom stereocenters. The number of nitrogens with zero attached hydrogens (tertiary/aromatic N) is 3. The van der Waals surface area contributed by atoms with Gasteiger partial charge in [-0.05, 0) is 73.4 Å². The predicted molar refractivity (Wildman–Crippen MR) is 188 cm³/mol. The van der Waals surface area contributed by atoms with E-state index < -0.39 is 57.0 Å². The molecule has 4 fully saturated rings. The van der Waals surface area contributed by atoms with Crippen LogP contribution in [-0.4, -0.2) is 78.0 Å². The molecule has 1 saturated carbocycles. The van der Waals surface area contributed by atoms with Crippen molar-refractivity contribution in [1.82, 2.24) is 0 Å². The maximum absolute atomic E-state index is 14.6. The van der Waals surface area contributed by atoms with Gasteiger partial charge in [0.25, 0.3) is 11.8 Å². The van der Waals surface area contributed by atoms with E-state index in [1.807, 2.05) is 18.2 Å². The largest absolute Gasteiger partial charge is 0.491 e. The molecule has 0 aromatic heterocycles. The highest BCUT2D eigenvalue weighted by molar-refractivity contribution is 6.58. The number of hydrogen-bond acceptors (Lipinski definition) is 8. The maximum atomic E-state index is 14.6. The Morgan fingerprint density at radius 3 is 2.18 bits per heavy atom. The van der Waals surface area contributed by atoms with Crippen LogP contribution in [0, 0.1) is 23.6 Å². The Morgan fingerprint density at radius 1 is 0.824 bits per heavy atom. The van der Waals surface area contributed by atoms with Crippen LogP contribution in [0.1, 0.15) is 24.3 Å². The zero-order chi connectivity index (χ0) is 35.7. The molecule has 0 bridgehead atoms. The van der Waals surface area contributed by atoms with E-state index in [9.17, 15) is 28.7 Å². The van der Waals surface area contributed by atoms with Gasteiger partial charge in [-0.2, -0.15) is 0 Å². The van der Waals surface area contributed by atoms with Crippen LogP contribution in [-0.2, 0) is 23.9 Å². The Hall–Kier alpha value is -4.29. The first-order valence-corrected chi connectivity index (χ1v) is 17.7. The van der Waals surface area contributed by atoms with Crippen molar-refractivity contribution in [1.29, 1.82) is 0 Å². The number of para-hydroxylation sites is 1. The number of fused-ring (bicyclic) bond motifs is 4. The van der Waals surface area contributed by atoms with Crippen molar-refractivity contribution < 1.29 is 38.1 Å². The van der Waals surface area contributed by atoms with Crippen LogP contribution in [0.3, 0.4) is 0 Å². The maximum Gasteiger partial charge on any atom is 0.258 e.